The minimum absolute atomic E-state index is 0.133. The summed E-state index contributed by atoms with van der Waals surface area (Å²) in [4.78, 5) is 0. The average molecular weight is 153 g/mol. The average Bonchev–Trinajstić information content (AvgIpc) is 2.04. The summed E-state index contributed by atoms with van der Waals surface area (Å²) in [6.45, 7) is -0.155. The Hall–Kier alpha value is -1.06. The molecule has 3 heteroatoms. The quantitative estimate of drug-likeness (QED) is 0.575. The maximum Gasteiger partial charge on any atom is 0.120 e. The SMILES string of the molecule is N[C@@H](CO)c1ccccc1O. The summed E-state index contributed by atoms with van der Waals surface area (Å²) >= 11 is 0. The predicted molar refractivity (Wildman–Crippen MR) is 42.1 cm³/mol. The van der Waals surface area contributed by atoms with Crippen molar-refractivity contribution in [3.8, 4) is 5.75 Å². The number of nitrogens with two attached hydrogens (primary N) is 1. The number of aliphatic hydroxyl groups is 1. The van der Waals surface area contributed by atoms with Crippen LogP contribution < -0.4 is 5.73 Å². The number of phenolic OH excluding ortho intramolecular Hbond substituents is 1. The van der Waals surface area contributed by atoms with E-state index in [4.69, 9.17) is 10.8 Å². The zero-order chi connectivity index (χ0) is 8.27. The van der Waals surface area contributed by atoms with Gasteiger partial charge in [0.1, 0.15) is 5.75 Å². The summed E-state index contributed by atoms with van der Waals surface area (Å²) in [5.74, 6) is 0.133. The van der Waals surface area contributed by atoms with Gasteiger partial charge in [-0.1, -0.05) is 18.2 Å². The molecule has 0 spiro atoms. The molecule has 0 bridgehead atoms. The van der Waals surface area contributed by atoms with E-state index in [1.54, 1.807) is 24.3 Å². The van der Waals surface area contributed by atoms with Crippen LogP contribution in [0.5, 0.6) is 5.75 Å². The van der Waals surface area contributed by atoms with Crippen molar-refractivity contribution in [2.45, 2.75) is 6.04 Å². The Balaban J connectivity index is 2.93. The van der Waals surface area contributed by atoms with Crippen LogP contribution in [-0.4, -0.2) is 16.8 Å². The third-order valence-corrected chi connectivity index (χ3v) is 1.53. The lowest BCUT2D eigenvalue weighted by atomic mass is 10.1. The maximum absolute atomic E-state index is 9.22. The highest BCUT2D eigenvalue weighted by Crippen LogP contribution is 2.20. The van der Waals surface area contributed by atoms with Crippen molar-refractivity contribution >= 4 is 0 Å². The Bertz CT molecular complexity index is 237. The standard InChI is InChI=1S/C8H11NO2/c9-7(5-10)6-3-1-2-4-8(6)11/h1-4,7,10-11H,5,9H2/t7-/m0/s1. The Morgan fingerprint density at radius 3 is 2.55 bits per heavy atom. The fourth-order valence-corrected chi connectivity index (χ4v) is 0.899. The molecule has 0 saturated carbocycles. The molecule has 4 N–H and O–H groups in total. The number of aliphatic hydroxyl groups excluding tert-OH is 1. The Kier molecular flexibility index (Phi) is 2.46. The first kappa shape index (κ1) is 8.04. The number of phenols is 1. The lowest BCUT2D eigenvalue weighted by molar-refractivity contribution is 0.265. The number of hydrogen-bond acceptors (Lipinski definition) is 3. The number of benzene rings is 1. The molecular weight excluding hydrogens is 142 g/mol. The van der Waals surface area contributed by atoms with Crippen molar-refractivity contribution < 1.29 is 10.2 Å². The van der Waals surface area contributed by atoms with Crippen LogP contribution in [-0.2, 0) is 0 Å². The molecule has 0 heterocycles. The van der Waals surface area contributed by atoms with Crippen LogP contribution in [0.4, 0.5) is 0 Å². The molecule has 1 atom stereocenters. The van der Waals surface area contributed by atoms with Gasteiger partial charge in [-0.15, -0.1) is 0 Å². The molecule has 11 heavy (non-hydrogen) atoms. The molecule has 1 aromatic carbocycles. The van der Waals surface area contributed by atoms with Crippen molar-refractivity contribution in [2.24, 2.45) is 5.73 Å². The van der Waals surface area contributed by atoms with Gasteiger partial charge in [0.25, 0.3) is 0 Å². The highest BCUT2D eigenvalue weighted by Gasteiger charge is 2.07. The van der Waals surface area contributed by atoms with Gasteiger partial charge >= 0.3 is 0 Å². The number of hydrogen-bond donors (Lipinski definition) is 3. The van der Waals surface area contributed by atoms with Gasteiger partial charge in [-0.25, -0.2) is 0 Å². The van der Waals surface area contributed by atoms with E-state index in [1.165, 1.54) is 0 Å². The van der Waals surface area contributed by atoms with Gasteiger partial charge in [0.05, 0.1) is 12.6 Å². The fraction of sp³-hybridized carbons (Fsp3) is 0.250. The molecule has 0 unspecified atom stereocenters. The molecule has 0 aliphatic rings. The molecule has 0 radical (unpaired) electrons. The normalized spacial score (nSPS) is 12.9. The molecule has 0 amide bonds. The fourth-order valence-electron chi connectivity index (χ4n) is 0.899. The molecule has 0 aliphatic carbocycles. The smallest absolute Gasteiger partial charge is 0.120 e. The molecule has 0 aliphatic heterocycles. The van der Waals surface area contributed by atoms with Crippen molar-refractivity contribution in [1.82, 2.24) is 0 Å². The van der Waals surface area contributed by atoms with E-state index < -0.39 is 6.04 Å². The van der Waals surface area contributed by atoms with E-state index in [9.17, 15) is 5.11 Å². The van der Waals surface area contributed by atoms with Gasteiger partial charge in [0.2, 0.25) is 0 Å². The number of aromatic hydroxyl groups is 1. The van der Waals surface area contributed by atoms with Gasteiger partial charge in [-0.2, -0.15) is 0 Å². The topological polar surface area (TPSA) is 66.5 Å². The molecule has 0 fully saturated rings. The second-order valence-electron chi connectivity index (χ2n) is 2.35. The van der Waals surface area contributed by atoms with Crippen molar-refractivity contribution in [1.29, 1.82) is 0 Å². The van der Waals surface area contributed by atoms with Gasteiger partial charge < -0.3 is 15.9 Å². The summed E-state index contributed by atoms with van der Waals surface area (Å²) in [5.41, 5.74) is 6.06. The lowest BCUT2D eigenvalue weighted by Gasteiger charge is -2.09. The van der Waals surface area contributed by atoms with Crippen LogP contribution in [0.3, 0.4) is 0 Å². The molecular formula is C8H11NO2. The zero-order valence-corrected chi connectivity index (χ0v) is 6.07. The van der Waals surface area contributed by atoms with E-state index in [1.807, 2.05) is 0 Å². The van der Waals surface area contributed by atoms with Crippen LogP contribution in [0, 0.1) is 0 Å². The first-order chi connectivity index (χ1) is 5.25. The third kappa shape index (κ3) is 1.69. The highest BCUT2D eigenvalue weighted by molar-refractivity contribution is 5.34. The monoisotopic (exact) mass is 153 g/mol. The molecule has 0 aromatic heterocycles. The van der Waals surface area contributed by atoms with Crippen LogP contribution in [0.25, 0.3) is 0 Å². The second-order valence-corrected chi connectivity index (χ2v) is 2.35. The highest BCUT2D eigenvalue weighted by atomic mass is 16.3. The van der Waals surface area contributed by atoms with Gasteiger partial charge in [-0.3, -0.25) is 0 Å². The lowest BCUT2D eigenvalue weighted by Crippen LogP contribution is -2.14. The third-order valence-electron chi connectivity index (χ3n) is 1.53. The van der Waals surface area contributed by atoms with E-state index >= 15 is 0 Å². The van der Waals surface area contributed by atoms with Crippen LogP contribution >= 0.6 is 0 Å². The molecule has 60 valence electrons. The predicted octanol–water partition coefficient (Wildman–Crippen LogP) is 0.384. The summed E-state index contributed by atoms with van der Waals surface area (Å²) in [7, 11) is 0. The largest absolute Gasteiger partial charge is 0.508 e. The van der Waals surface area contributed by atoms with Gasteiger partial charge in [-0.05, 0) is 6.07 Å². The Morgan fingerprint density at radius 2 is 2.00 bits per heavy atom. The second kappa shape index (κ2) is 3.37. The van der Waals surface area contributed by atoms with Crippen LogP contribution in [0.1, 0.15) is 11.6 Å². The summed E-state index contributed by atoms with van der Waals surface area (Å²) < 4.78 is 0. The van der Waals surface area contributed by atoms with Crippen molar-refractivity contribution in [3.05, 3.63) is 29.8 Å². The minimum atomic E-state index is -0.490. The summed E-state index contributed by atoms with van der Waals surface area (Å²) in [6.07, 6.45) is 0. The van der Waals surface area contributed by atoms with E-state index in [0.29, 0.717) is 5.56 Å². The summed E-state index contributed by atoms with van der Waals surface area (Å²) in [5, 5.41) is 17.9. The molecule has 0 saturated heterocycles. The zero-order valence-electron chi connectivity index (χ0n) is 6.07. The van der Waals surface area contributed by atoms with Crippen LogP contribution in [0.2, 0.25) is 0 Å². The van der Waals surface area contributed by atoms with Crippen molar-refractivity contribution in [3.63, 3.8) is 0 Å². The summed E-state index contributed by atoms with van der Waals surface area (Å²) in [6, 6.07) is 6.23. The van der Waals surface area contributed by atoms with E-state index in [2.05, 4.69) is 0 Å². The van der Waals surface area contributed by atoms with E-state index in [-0.39, 0.29) is 12.4 Å². The van der Waals surface area contributed by atoms with Crippen molar-refractivity contribution in [2.75, 3.05) is 6.61 Å². The first-order valence-electron chi connectivity index (χ1n) is 3.40. The number of para-hydroxylation sites is 1. The van der Waals surface area contributed by atoms with Gasteiger partial charge in [0, 0.05) is 5.56 Å². The molecule has 1 rings (SSSR count). The first-order valence-corrected chi connectivity index (χ1v) is 3.40. The Morgan fingerprint density at radius 1 is 1.36 bits per heavy atom. The van der Waals surface area contributed by atoms with Gasteiger partial charge in [0.15, 0.2) is 0 Å². The molecule has 3 nitrogen and oxygen atoms in total. The van der Waals surface area contributed by atoms with Crippen LogP contribution in [0.15, 0.2) is 24.3 Å². The maximum atomic E-state index is 9.22. The Labute approximate surface area is 65.1 Å². The number of rotatable bonds is 2. The minimum Gasteiger partial charge on any atom is -0.508 e. The van der Waals surface area contributed by atoms with E-state index in [0.717, 1.165) is 0 Å². The molecule has 1 aromatic rings.